The zero-order valence-electron chi connectivity index (χ0n) is 29.3. The second-order valence-electron chi connectivity index (χ2n) is 12.9. The zero-order valence-corrected chi connectivity index (χ0v) is 33.9. The summed E-state index contributed by atoms with van der Waals surface area (Å²) < 4.78 is 14.9. The Kier molecular flexibility index (Phi) is 11.7. The van der Waals surface area contributed by atoms with Crippen LogP contribution in [0.2, 0.25) is 0 Å². The minimum Gasteiger partial charge on any atom is -0.503 e. The van der Waals surface area contributed by atoms with Crippen molar-refractivity contribution in [3.63, 3.8) is 0 Å². The van der Waals surface area contributed by atoms with E-state index in [-0.39, 0.29) is 54.0 Å². The molecule has 53 heavy (non-hydrogen) atoms. The number of fused-ring (bicyclic) bond motifs is 3. The van der Waals surface area contributed by atoms with Crippen LogP contribution in [0.3, 0.4) is 0 Å². The third-order valence-corrected chi connectivity index (χ3v) is 8.67. The van der Waals surface area contributed by atoms with Crippen LogP contribution in [0.1, 0.15) is 50.7 Å². The van der Waals surface area contributed by atoms with Gasteiger partial charge in [0.25, 0.3) is 0 Å². The van der Waals surface area contributed by atoms with Crippen LogP contribution in [0.4, 0.5) is 0 Å². The molecule has 8 rings (SSSR count). The number of ether oxygens (including phenoxy) is 2. The third kappa shape index (κ3) is 8.02. The van der Waals surface area contributed by atoms with Crippen LogP contribution in [0.5, 0.6) is 23.0 Å². The molecule has 0 bridgehead atoms. The summed E-state index contributed by atoms with van der Waals surface area (Å²) in [5.74, 6) is 3.29. The van der Waals surface area contributed by atoms with Crippen LogP contribution in [-0.2, 0) is 42.1 Å². The number of hydrogen-bond donors (Lipinski definition) is 0. The van der Waals surface area contributed by atoms with Gasteiger partial charge < -0.3 is 24.0 Å². The van der Waals surface area contributed by atoms with Crippen LogP contribution in [0.25, 0.3) is 50.3 Å². The number of aromatic nitrogens is 5. The Hall–Kier alpha value is -4.96. The van der Waals surface area contributed by atoms with Crippen molar-refractivity contribution in [3.8, 4) is 51.5 Å². The van der Waals surface area contributed by atoms with Gasteiger partial charge in [0, 0.05) is 47.8 Å². The van der Waals surface area contributed by atoms with Crippen molar-refractivity contribution in [1.29, 1.82) is 0 Å². The van der Waals surface area contributed by atoms with Gasteiger partial charge in [-0.2, -0.15) is 22.9 Å². The Morgan fingerprint density at radius 1 is 0.491 bits per heavy atom. The molecule has 9 heteroatoms. The van der Waals surface area contributed by atoms with Crippen molar-refractivity contribution in [3.05, 3.63) is 151 Å². The summed E-state index contributed by atoms with van der Waals surface area (Å²) in [6.45, 7) is 8.63. The summed E-state index contributed by atoms with van der Waals surface area (Å²) in [7, 11) is 0. The molecule has 4 aromatic carbocycles. The van der Waals surface area contributed by atoms with Crippen molar-refractivity contribution in [1.82, 2.24) is 24.5 Å². The summed E-state index contributed by atoms with van der Waals surface area (Å²) in [5.41, 5.74) is 7.16. The molecule has 0 aliphatic carbocycles. The molecule has 0 aliphatic rings. The molecule has 0 fully saturated rings. The predicted molar refractivity (Wildman–Crippen MR) is 199 cm³/mol. The summed E-state index contributed by atoms with van der Waals surface area (Å²) >= 11 is 0. The minimum absolute atomic E-state index is 0. The van der Waals surface area contributed by atoms with E-state index in [2.05, 4.69) is 84.0 Å². The van der Waals surface area contributed by atoms with Crippen LogP contribution in [-0.4, -0.2) is 24.5 Å². The molecule has 0 spiro atoms. The molecule has 0 unspecified atom stereocenters. The molecule has 0 N–H and O–H groups in total. The first kappa shape index (κ1) is 37.8. The summed E-state index contributed by atoms with van der Waals surface area (Å²) in [6.07, 6.45) is 7.01. The number of rotatable bonds is 9. The Morgan fingerprint density at radius 3 is 1.36 bits per heavy atom. The van der Waals surface area contributed by atoms with Gasteiger partial charge in [0.15, 0.2) is 0 Å². The average molecular weight is 1050 g/mol. The number of benzene rings is 4. The minimum atomic E-state index is 0. The molecule has 0 radical (unpaired) electrons. The van der Waals surface area contributed by atoms with Gasteiger partial charge in [-0.25, -0.2) is 9.97 Å². The smallest absolute Gasteiger partial charge is 0.503 e. The molecule has 0 aliphatic heterocycles. The molecular formula is C44H33N5O2Pt2. The van der Waals surface area contributed by atoms with Gasteiger partial charge in [-0.3, -0.25) is 0 Å². The molecule has 0 saturated carbocycles. The van der Waals surface area contributed by atoms with E-state index in [1.165, 1.54) is 0 Å². The van der Waals surface area contributed by atoms with E-state index in [4.69, 9.17) is 9.47 Å². The fourth-order valence-corrected chi connectivity index (χ4v) is 6.02. The van der Waals surface area contributed by atoms with Crippen molar-refractivity contribution in [2.45, 2.75) is 39.5 Å². The molecule has 4 heterocycles. The van der Waals surface area contributed by atoms with E-state index in [1.807, 2.05) is 77.4 Å². The normalized spacial score (nSPS) is 11.1. The van der Waals surface area contributed by atoms with Crippen LogP contribution in [0, 0.1) is 24.3 Å². The first-order valence-corrected chi connectivity index (χ1v) is 16.9. The van der Waals surface area contributed by atoms with Crippen molar-refractivity contribution >= 4 is 21.8 Å². The standard InChI is InChI=1S/C44H33N5O2.2Pt/c1-28(2)30-20-32(40-10-5-7-16-45-40)24-36(22-30)50-34-12-14-38-39-15-13-35(27-43(39)49(42(38)26-34)44-47-18-9-19-48-44)51-37-23-31(29(3)4)21-33(25-37)41-11-6-8-17-46-41;;/h5-23,28-29H,1-4H3;;/q-4;2*+2. The monoisotopic (exact) mass is 1050 g/mol. The Balaban J connectivity index is 0.00000240. The van der Waals surface area contributed by atoms with Gasteiger partial charge in [0.05, 0.1) is 0 Å². The molecule has 0 saturated heterocycles. The molecule has 7 nitrogen and oxygen atoms in total. The van der Waals surface area contributed by atoms with Crippen LogP contribution in [0.15, 0.2) is 116 Å². The van der Waals surface area contributed by atoms with E-state index < -0.39 is 0 Å². The maximum absolute atomic E-state index is 6.47. The van der Waals surface area contributed by atoms with Crippen molar-refractivity contribution in [2.75, 3.05) is 0 Å². The quantitative estimate of drug-likeness (QED) is 0.134. The van der Waals surface area contributed by atoms with Crippen LogP contribution >= 0.6 is 0 Å². The molecule has 0 atom stereocenters. The number of hydrogen-bond acceptors (Lipinski definition) is 6. The van der Waals surface area contributed by atoms with Gasteiger partial charge in [-0.15, -0.1) is 58.7 Å². The topological polar surface area (TPSA) is 75.0 Å². The molecule has 8 aromatic rings. The van der Waals surface area contributed by atoms with E-state index in [1.54, 1.807) is 30.9 Å². The van der Waals surface area contributed by atoms with Gasteiger partial charge in [-0.1, -0.05) is 87.3 Å². The first-order valence-electron chi connectivity index (χ1n) is 16.9. The van der Waals surface area contributed by atoms with Crippen molar-refractivity contribution in [2.24, 2.45) is 0 Å². The third-order valence-electron chi connectivity index (χ3n) is 8.67. The zero-order chi connectivity index (χ0) is 34.9. The van der Waals surface area contributed by atoms with Gasteiger partial charge in [0.1, 0.15) is 0 Å². The van der Waals surface area contributed by atoms with Crippen LogP contribution < -0.4 is 9.47 Å². The second-order valence-corrected chi connectivity index (χ2v) is 12.9. The van der Waals surface area contributed by atoms with E-state index in [0.717, 1.165) is 55.4 Å². The Bertz CT molecular complexity index is 2330. The number of pyridine rings is 2. The summed E-state index contributed by atoms with van der Waals surface area (Å²) in [5, 5.41) is 1.90. The van der Waals surface area contributed by atoms with Gasteiger partial charge in [0.2, 0.25) is 5.95 Å². The first-order chi connectivity index (χ1) is 24.9. The number of nitrogens with zero attached hydrogens (tertiary/aromatic N) is 5. The second kappa shape index (κ2) is 16.4. The van der Waals surface area contributed by atoms with E-state index >= 15 is 0 Å². The SMILES string of the molecule is CC(C)c1cc(Oc2[c-]c3c(cc2)c2ccc(Oc4[c-]c(-c5ccccn5)cc(C(C)C)c4)[c-]c2n3-c2ncccn2)[c-]c(-c2ccccn2)c1.[Pt+2].[Pt+2]. The maximum Gasteiger partial charge on any atom is 2.00 e. The molecule has 0 amide bonds. The van der Waals surface area contributed by atoms with Gasteiger partial charge >= 0.3 is 42.1 Å². The molecule has 266 valence electrons. The van der Waals surface area contributed by atoms with E-state index in [0.29, 0.717) is 28.9 Å². The largest absolute Gasteiger partial charge is 2.00 e. The molecule has 4 aromatic heterocycles. The maximum atomic E-state index is 6.47. The average Bonchev–Trinajstić information content (AvgIpc) is 3.48. The van der Waals surface area contributed by atoms with Crippen molar-refractivity contribution < 1.29 is 51.6 Å². The fourth-order valence-electron chi connectivity index (χ4n) is 6.02. The Morgan fingerprint density at radius 2 is 0.943 bits per heavy atom. The fraction of sp³-hybridized carbons (Fsp3) is 0.136. The Labute approximate surface area is 338 Å². The summed E-state index contributed by atoms with van der Waals surface area (Å²) in [4.78, 5) is 18.3. The van der Waals surface area contributed by atoms with E-state index in [9.17, 15) is 0 Å². The predicted octanol–water partition coefficient (Wildman–Crippen LogP) is 10.7. The molecular weight excluding hydrogens is 1020 g/mol. The van der Waals surface area contributed by atoms with Gasteiger partial charge in [-0.05, 0) is 41.4 Å². The summed E-state index contributed by atoms with van der Waals surface area (Å²) in [6, 6.07) is 43.5.